The van der Waals surface area contributed by atoms with Crippen molar-refractivity contribution < 1.29 is 13.5 Å². The molecule has 0 aliphatic carbocycles. The predicted octanol–water partition coefficient (Wildman–Crippen LogP) is 3.26. The van der Waals surface area contributed by atoms with Gasteiger partial charge in [-0.1, -0.05) is 19.1 Å². The Hall–Kier alpha value is -0.810. The molecule has 1 saturated heterocycles. The number of thioether (sulfide) groups is 1. The Labute approximate surface area is 104 Å². The molecule has 0 spiro atoms. The van der Waals surface area contributed by atoms with Crippen molar-refractivity contribution >= 4 is 11.8 Å². The van der Waals surface area contributed by atoms with Gasteiger partial charge in [-0.15, -0.1) is 11.8 Å². The minimum atomic E-state index is -2.76. The largest absolute Gasteiger partial charge is 0.435 e. The van der Waals surface area contributed by atoms with Crippen molar-refractivity contribution in [2.45, 2.75) is 18.9 Å². The molecule has 0 amide bonds. The van der Waals surface area contributed by atoms with Gasteiger partial charge in [-0.25, -0.2) is 0 Å². The Morgan fingerprint density at radius 1 is 1.35 bits per heavy atom. The maximum Gasteiger partial charge on any atom is 0.387 e. The van der Waals surface area contributed by atoms with E-state index in [4.69, 9.17) is 0 Å². The number of rotatable bonds is 3. The van der Waals surface area contributed by atoms with Gasteiger partial charge in [-0.05, 0) is 35.9 Å². The number of nitrogens with one attached hydrogen (secondary N) is 1. The van der Waals surface area contributed by atoms with Crippen LogP contribution in [-0.2, 0) is 0 Å². The molecule has 0 saturated carbocycles. The maximum absolute atomic E-state index is 12.0. The highest BCUT2D eigenvalue weighted by Crippen LogP contribution is 2.32. The number of hydrogen-bond donors (Lipinski definition) is 1. The van der Waals surface area contributed by atoms with Crippen molar-refractivity contribution in [1.82, 2.24) is 5.32 Å². The summed E-state index contributed by atoms with van der Waals surface area (Å²) in [6.45, 7) is 0.437. The molecular weight excluding hydrogens is 244 g/mol. The van der Waals surface area contributed by atoms with Crippen LogP contribution >= 0.6 is 11.8 Å². The van der Waals surface area contributed by atoms with Gasteiger partial charge < -0.3 is 10.1 Å². The number of hydrogen-bond acceptors (Lipinski definition) is 3. The summed E-state index contributed by atoms with van der Waals surface area (Å²) < 4.78 is 28.3. The Bertz CT molecular complexity index is 350. The van der Waals surface area contributed by atoms with E-state index in [0.717, 1.165) is 17.9 Å². The minimum absolute atomic E-state index is 0.206. The minimum Gasteiger partial charge on any atom is -0.435 e. The van der Waals surface area contributed by atoms with Crippen LogP contribution in [0.25, 0.3) is 0 Å². The highest BCUT2D eigenvalue weighted by atomic mass is 32.2. The molecule has 1 N–H and O–H groups in total. The Balaban J connectivity index is 1.97. The van der Waals surface area contributed by atoms with Crippen LogP contribution < -0.4 is 10.1 Å². The zero-order valence-electron chi connectivity index (χ0n) is 9.53. The standard InChI is InChI=1S/C12H15F2NOS/c1-8-6-15-11(17-7-8)9-2-4-10(5-3-9)16-12(13)14/h2-5,8,11-12,15H,6-7H2,1H3. The molecule has 0 radical (unpaired) electrons. The van der Waals surface area contributed by atoms with Crippen LogP contribution in [0.3, 0.4) is 0 Å². The maximum atomic E-state index is 12.0. The first kappa shape index (κ1) is 12.6. The molecule has 1 aliphatic heterocycles. The van der Waals surface area contributed by atoms with Gasteiger partial charge in [-0.2, -0.15) is 8.78 Å². The molecule has 0 aromatic heterocycles. The van der Waals surface area contributed by atoms with Gasteiger partial charge in [0.1, 0.15) is 5.75 Å². The molecule has 17 heavy (non-hydrogen) atoms. The second-order valence-electron chi connectivity index (χ2n) is 4.17. The predicted molar refractivity (Wildman–Crippen MR) is 65.4 cm³/mol. The SMILES string of the molecule is CC1CNC(c2ccc(OC(F)F)cc2)SC1. The molecule has 1 aromatic rings. The highest BCUT2D eigenvalue weighted by Gasteiger charge is 2.19. The highest BCUT2D eigenvalue weighted by molar-refractivity contribution is 7.99. The van der Waals surface area contributed by atoms with E-state index in [9.17, 15) is 8.78 Å². The zero-order valence-corrected chi connectivity index (χ0v) is 10.3. The summed E-state index contributed by atoms with van der Waals surface area (Å²) in [4.78, 5) is 0. The third-order valence-electron chi connectivity index (χ3n) is 2.61. The first-order valence-corrected chi connectivity index (χ1v) is 6.60. The van der Waals surface area contributed by atoms with Gasteiger partial charge in [-0.3, -0.25) is 0 Å². The lowest BCUT2D eigenvalue weighted by Crippen LogP contribution is -2.31. The van der Waals surface area contributed by atoms with E-state index < -0.39 is 6.61 Å². The lowest BCUT2D eigenvalue weighted by Gasteiger charge is -2.27. The molecule has 5 heteroatoms. The van der Waals surface area contributed by atoms with Crippen molar-refractivity contribution in [3.8, 4) is 5.75 Å². The van der Waals surface area contributed by atoms with Gasteiger partial charge >= 0.3 is 6.61 Å². The fourth-order valence-electron chi connectivity index (χ4n) is 1.72. The first-order valence-electron chi connectivity index (χ1n) is 5.55. The molecule has 2 nitrogen and oxygen atoms in total. The summed E-state index contributed by atoms with van der Waals surface area (Å²) in [6.07, 6.45) is 0. The summed E-state index contributed by atoms with van der Waals surface area (Å²) in [7, 11) is 0. The molecule has 1 heterocycles. The quantitative estimate of drug-likeness (QED) is 0.900. The van der Waals surface area contributed by atoms with Crippen LogP contribution in [0.2, 0.25) is 0 Å². The second-order valence-corrected chi connectivity index (χ2v) is 5.31. The average Bonchev–Trinajstić information content (AvgIpc) is 2.30. The third kappa shape index (κ3) is 3.57. The summed E-state index contributed by atoms with van der Waals surface area (Å²) >= 11 is 1.84. The Morgan fingerprint density at radius 2 is 2.06 bits per heavy atom. The molecule has 1 aliphatic rings. The number of alkyl halides is 2. The van der Waals surface area contributed by atoms with E-state index >= 15 is 0 Å². The van der Waals surface area contributed by atoms with E-state index in [0.29, 0.717) is 5.92 Å². The van der Waals surface area contributed by atoms with Crippen molar-refractivity contribution in [3.05, 3.63) is 29.8 Å². The lowest BCUT2D eigenvalue weighted by atomic mass is 10.2. The van der Waals surface area contributed by atoms with E-state index in [2.05, 4.69) is 17.0 Å². The van der Waals surface area contributed by atoms with Crippen molar-refractivity contribution in [1.29, 1.82) is 0 Å². The number of benzene rings is 1. The summed E-state index contributed by atoms with van der Waals surface area (Å²) in [5.74, 6) is 2.00. The van der Waals surface area contributed by atoms with Crippen molar-refractivity contribution in [2.24, 2.45) is 5.92 Å². The molecule has 2 atom stereocenters. The summed E-state index contributed by atoms with van der Waals surface area (Å²) in [5, 5.41) is 3.68. The third-order valence-corrected chi connectivity index (χ3v) is 4.14. The normalized spacial score (nSPS) is 24.9. The van der Waals surface area contributed by atoms with Crippen molar-refractivity contribution in [3.63, 3.8) is 0 Å². The van der Waals surface area contributed by atoms with Gasteiger partial charge in [0.25, 0.3) is 0 Å². The smallest absolute Gasteiger partial charge is 0.387 e. The van der Waals surface area contributed by atoms with Gasteiger partial charge in [0.15, 0.2) is 0 Å². The zero-order chi connectivity index (χ0) is 12.3. The van der Waals surface area contributed by atoms with Gasteiger partial charge in [0.2, 0.25) is 0 Å². The van der Waals surface area contributed by atoms with Gasteiger partial charge in [0.05, 0.1) is 5.37 Å². The van der Waals surface area contributed by atoms with Crippen LogP contribution in [0, 0.1) is 5.92 Å². The van der Waals surface area contributed by atoms with E-state index in [1.165, 1.54) is 0 Å². The van der Waals surface area contributed by atoms with E-state index in [1.807, 2.05) is 23.9 Å². The fourth-order valence-corrected chi connectivity index (χ4v) is 2.93. The Kier molecular flexibility index (Phi) is 4.23. The van der Waals surface area contributed by atoms with Crippen LogP contribution in [0.15, 0.2) is 24.3 Å². The van der Waals surface area contributed by atoms with E-state index in [-0.39, 0.29) is 11.1 Å². The van der Waals surface area contributed by atoms with Gasteiger partial charge in [0, 0.05) is 0 Å². The Morgan fingerprint density at radius 3 is 2.59 bits per heavy atom. The topological polar surface area (TPSA) is 21.3 Å². The monoisotopic (exact) mass is 259 g/mol. The van der Waals surface area contributed by atoms with Crippen LogP contribution in [0.4, 0.5) is 8.78 Å². The molecule has 2 unspecified atom stereocenters. The van der Waals surface area contributed by atoms with Crippen LogP contribution in [-0.4, -0.2) is 18.9 Å². The van der Waals surface area contributed by atoms with Crippen LogP contribution in [0.5, 0.6) is 5.75 Å². The average molecular weight is 259 g/mol. The molecule has 0 bridgehead atoms. The van der Waals surface area contributed by atoms with E-state index in [1.54, 1.807) is 12.1 Å². The molecule has 2 rings (SSSR count). The molecule has 94 valence electrons. The summed E-state index contributed by atoms with van der Waals surface area (Å²) in [6, 6.07) is 6.83. The first-order chi connectivity index (χ1) is 8.15. The molecule has 1 fully saturated rings. The second kappa shape index (κ2) is 5.69. The fraction of sp³-hybridized carbons (Fsp3) is 0.500. The summed E-state index contributed by atoms with van der Waals surface area (Å²) in [5.41, 5.74) is 1.10. The molecule has 1 aromatic carbocycles. The van der Waals surface area contributed by atoms with Crippen molar-refractivity contribution in [2.75, 3.05) is 12.3 Å². The molecular formula is C12H15F2NOS. The number of ether oxygens (including phenoxy) is 1. The lowest BCUT2D eigenvalue weighted by molar-refractivity contribution is -0.0498. The number of halogens is 2. The van der Waals surface area contributed by atoms with Crippen LogP contribution in [0.1, 0.15) is 17.9 Å².